The highest BCUT2D eigenvalue weighted by atomic mass is 16.5. The number of rotatable bonds is 3. The minimum absolute atomic E-state index is 0.298. The number of benzene rings is 1. The molecule has 110 valence electrons. The molecule has 0 heterocycles. The molecule has 0 aliphatic rings. The Labute approximate surface area is 123 Å². The molecule has 1 rings (SSSR count). The van der Waals surface area contributed by atoms with Crippen LogP contribution in [-0.2, 0) is 14.3 Å². The van der Waals surface area contributed by atoms with Gasteiger partial charge in [0.15, 0.2) is 0 Å². The van der Waals surface area contributed by atoms with E-state index in [4.69, 9.17) is 4.74 Å². The first kappa shape index (κ1) is 16.2. The van der Waals surface area contributed by atoms with Crippen LogP contribution >= 0.6 is 0 Å². The zero-order valence-electron chi connectivity index (χ0n) is 12.1. The molecule has 0 fully saturated rings. The fraction of sp³-hybridized carbons (Fsp3) is 0.267. The van der Waals surface area contributed by atoms with Crippen molar-refractivity contribution >= 4 is 23.5 Å². The molecule has 6 nitrogen and oxygen atoms in total. The number of amides is 2. The van der Waals surface area contributed by atoms with Gasteiger partial charge in [0.05, 0.1) is 12.2 Å². The van der Waals surface area contributed by atoms with Crippen molar-refractivity contribution in [1.29, 1.82) is 0 Å². The highest BCUT2D eigenvalue weighted by molar-refractivity contribution is 6.08. The van der Waals surface area contributed by atoms with Gasteiger partial charge in [0.25, 0.3) is 5.91 Å². The highest BCUT2D eigenvalue weighted by Gasteiger charge is 2.06. The average molecular weight is 288 g/mol. The number of anilines is 1. The second kappa shape index (κ2) is 7.70. The number of ether oxygens (including phenoxy) is 1. The number of hydrogen-bond donors (Lipinski definition) is 1. The van der Waals surface area contributed by atoms with Gasteiger partial charge in [-0.1, -0.05) is 0 Å². The first-order valence-corrected chi connectivity index (χ1v) is 6.25. The van der Waals surface area contributed by atoms with Crippen molar-refractivity contribution in [2.75, 3.05) is 26.0 Å². The first-order chi connectivity index (χ1) is 9.93. The Hall–Kier alpha value is -2.81. The maximum Gasteiger partial charge on any atom is 0.338 e. The molecule has 1 aromatic rings. The lowest BCUT2D eigenvalue weighted by Crippen LogP contribution is -2.20. The van der Waals surface area contributed by atoms with Crippen LogP contribution < -0.4 is 5.32 Å². The summed E-state index contributed by atoms with van der Waals surface area (Å²) >= 11 is 0. The number of nitrogens with zero attached hydrogens (tertiary/aromatic N) is 1. The predicted octanol–water partition coefficient (Wildman–Crippen LogP) is 0.893. The van der Waals surface area contributed by atoms with Crippen molar-refractivity contribution in [2.24, 2.45) is 0 Å². The minimum atomic E-state index is -0.603. The molecule has 1 aromatic carbocycles. The number of carbonyl (C=O) groups is 3. The summed E-state index contributed by atoms with van der Waals surface area (Å²) in [4.78, 5) is 35.4. The molecule has 0 saturated heterocycles. The SMILES string of the molecule is CCOC(=O)c1ccc(NC(=O)C#CC(=O)N(C)C)cc1. The maximum atomic E-state index is 11.5. The number of nitrogens with one attached hydrogen (secondary N) is 1. The second-order valence-electron chi connectivity index (χ2n) is 4.20. The standard InChI is InChI=1S/C15H16N2O4/c1-4-21-15(20)11-5-7-12(8-6-11)16-13(18)9-10-14(19)17(2)3/h5-8H,4H2,1-3H3,(H,16,18). The summed E-state index contributed by atoms with van der Waals surface area (Å²) in [5, 5.41) is 2.50. The Kier molecular flexibility index (Phi) is 5.96. The van der Waals surface area contributed by atoms with Crippen molar-refractivity contribution in [1.82, 2.24) is 4.90 Å². The van der Waals surface area contributed by atoms with Gasteiger partial charge < -0.3 is 15.0 Å². The summed E-state index contributed by atoms with van der Waals surface area (Å²) in [5.41, 5.74) is 0.864. The Morgan fingerprint density at radius 1 is 1.14 bits per heavy atom. The molecule has 0 aromatic heterocycles. The topological polar surface area (TPSA) is 75.7 Å². The fourth-order valence-corrected chi connectivity index (χ4v) is 1.29. The molecule has 0 saturated carbocycles. The maximum absolute atomic E-state index is 11.5. The van der Waals surface area contributed by atoms with Crippen LogP contribution in [0.3, 0.4) is 0 Å². The van der Waals surface area contributed by atoms with Crippen LogP contribution in [0, 0.1) is 11.8 Å². The van der Waals surface area contributed by atoms with Crippen LogP contribution in [0.25, 0.3) is 0 Å². The Morgan fingerprint density at radius 3 is 2.29 bits per heavy atom. The predicted molar refractivity (Wildman–Crippen MR) is 77.5 cm³/mol. The van der Waals surface area contributed by atoms with Gasteiger partial charge in [0.2, 0.25) is 0 Å². The van der Waals surface area contributed by atoms with Gasteiger partial charge in [-0.05, 0) is 31.2 Å². The number of hydrogen-bond acceptors (Lipinski definition) is 4. The van der Waals surface area contributed by atoms with Crippen molar-refractivity contribution < 1.29 is 19.1 Å². The molecule has 21 heavy (non-hydrogen) atoms. The Balaban J connectivity index is 2.66. The molecule has 0 radical (unpaired) electrons. The van der Waals surface area contributed by atoms with Crippen LogP contribution in [0.15, 0.2) is 24.3 Å². The van der Waals surface area contributed by atoms with Crippen LogP contribution in [0.1, 0.15) is 17.3 Å². The van der Waals surface area contributed by atoms with Gasteiger partial charge in [-0.15, -0.1) is 0 Å². The zero-order valence-corrected chi connectivity index (χ0v) is 12.1. The highest BCUT2D eigenvalue weighted by Crippen LogP contribution is 2.10. The van der Waals surface area contributed by atoms with E-state index < -0.39 is 17.8 Å². The third-order valence-electron chi connectivity index (χ3n) is 2.34. The van der Waals surface area contributed by atoms with E-state index in [1.807, 2.05) is 0 Å². The van der Waals surface area contributed by atoms with E-state index in [-0.39, 0.29) is 0 Å². The summed E-state index contributed by atoms with van der Waals surface area (Å²) in [6.07, 6.45) is 0. The summed E-state index contributed by atoms with van der Waals surface area (Å²) in [6, 6.07) is 6.18. The average Bonchev–Trinajstić information content (AvgIpc) is 2.45. The van der Waals surface area contributed by atoms with E-state index in [9.17, 15) is 14.4 Å². The Morgan fingerprint density at radius 2 is 1.76 bits per heavy atom. The van der Waals surface area contributed by atoms with Gasteiger partial charge in [-0.3, -0.25) is 9.59 Å². The summed E-state index contributed by atoms with van der Waals surface area (Å²) in [6.45, 7) is 2.02. The van der Waals surface area contributed by atoms with E-state index in [2.05, 4.69) is 17.2 Å². The lowest BCUT2D eigenvalue weighted by Gasteiger charge is -2.04. The molecule has 1 N–H and O–H groups in total. The molecular formula is C15H16N2O4. The molecule has 0 unspecified atom stereocenters. The van der Waals surface area contributed by atoms with Crippen molar-refractivity contribution in [3.05, 3.63) is 29.8 Å². The summed E-state index contributed by atoms with van der Waals surface area (Å²) in [7, 11) is 3.09. The molecule has 0 atom stereocenters. The van der Waals surface area contributed by atoms with E-state index >= 15 is 0 Å². The molecule has 0 aliphatic carbocycles. The number of esters is 1. The van der Waals surface area contributed by atoms with E-state index in [0.29, 0.717) is 17.9 Å². The first-order valence-electron chi connectivity index (χ1n) is 6.25. The third kappa shape index (κ3) is 5.37. The van der Waals surface area contributed by atoms with Crippen LogP contribution in [0.2, 0.25) is 0 Å². The molecule has 0 aliphatic heterocycles. The lowest BCUT2D eigenvalue weighted by molar-refractivity contribution is -0.122. The zero-order chi connectivity index (χ0) is 15.8. The van der Waals surface area contributed by atoms with Gasteiger partial charge in [-0.2, -0.15) is 0 Å². The largest absolute Gasteiger partial charge is 0.462 e. The van der Waals surface area contributed by atoms with Crippen molar-refractivity contribution in [3.63, 3.8) is 0 Å². The Bertz CT molecular complexity index is 594. The van der Waals surface area contributed by atoms with Crippen LogP contribution in [0.5, 0.6) is 0 Å². The molecule has 0 spiro atoms. The quantitative estimate of drug-likeness (QED) is 0.662. The molecular weight excluding hydrogens is 272 g/mol. The van der Waals surface area contributed by atoms with Gasteiger partial charge in [0.1, 0.15) is 0 Å². The molecule has 6 heteroatoms. The van der Waals surface area contributed by atoms with Gasteiger partial charge in [0, 0.05) is 31.6 Å². The van der Waals surface area contributed by atoms with Gasteiger partial charge in [-0.25, -0.2) is 4.79 Å². The summed E-state index contributed by atoms with van der Waals surface area (Å²) in [5.74, 6) is 2.90. The van der Waals surface area contributed by atoms with Crippen LogP contribution in [0.4, 0.5) is 5.69 Å². The lowest BCUT2D eigenvalue weighted by atomic mass is 10.2. The van der Waals surface area contributed by atoms with E-state index in [1.165, 1.54) is 17.0 Å². The second-order valence-corrected chi connectivity index (χ2v) is 4.20. The van der Waals surface area contributed by atoms with Crippen LogP contribution in [-0.4, -0.2) is 43.4 Å². The van der Waals surface area contributed by atoms with E-state index in [0.717, 1.165) is 0 Å². The summed E-state index contributed by atoms with van der Waals surface area (Å²) < 4.78 is 4.85. The fourth-order valence-electron chi connectivity index (χ4n) is 1.29. The number of carbonyl (C=O) groups excluding carboxylic acids is 3. The minimum Gasteiger partial charge on any atom is -0.462 e. The monoisotopic (exact) mass is 288 g/mol. The molecule has 2 amide bonds. The van der Waals surface area contributed by atoms with Crippen molar-refractivity contribution in [2.45, 2.75) is 6.92 Å². The van der Waals surface area contributed by atoms with Crippen molar-refractivity contribution in [3.8, 4) is 11.8 Å². The molecule has 0 bridgehead atoms. The van der Waals surface area contributed by atoms with E-state index in [1.54, 1.807) is 33.2 Å². The van der Waals surface area contributed by atoms with Gasteiger partial charge >= 0.3 is 11.9 Å². The third-order valence-corrected chi connectivity index (χ3v) is 2.34. The normalized spacial score (nSPS) is 9.10. The smallest absolute Gasteiger partial charge is 0.338 e.